The molecule has 1 aromatic rings. The summed E-state index contributed by atoms with van der Waals surface area (Å²) in [5, 5.41) is 0.302. The van der Waals surface area contributed by atoms with Gasteiger partial charge >= 0.3 is 5.97 Å². The van der Waals surface area contributed by atoms with Gasteiger partial charge in [-0.2, -0.15) is 0 Å². The van der Waals surface area contributed by atoms with Gasteiger partial charge in [-0.1, -0.05) is 30.8 Å². The van der Waals surface area contributed by atoms with Gasteiger partial charge in [-0.3, -0.25) is 14.4 Å². The molecule has 0 spiro atoms. The van der Waals surface area contributed by atoms with Crippen LogP contribution in [0.25, 0.3) is 0 Å². The minimum Gasteiger partial charge on any atom is -0.454 e. The Morgan fingerprint density at radius 2 is 2.08 bits per heavy atom. The lowest BCUT2D eigenvalue weighted by Gasteiger charge is -2.22. The van der Waals surface area contributed by atoms with Crippen LogP contribution < -0.4 is 4.90 Å². The fourth-order valence-corrected chi connectivity index (χ4v) is 4.67. The summed E-state index contributed by atoms with van der Waals surface area (Å²) in [4.78, 5) is 40.2. The molecule has 2 aliphatic heterocycles. The monoisotopic (exact) mass is 380 g/mol. The number of ether oxygens (including phenoxy) is 1. The number of fused-ring (bicyclic) bond motifs is 1. The van der Waals surface area contributed by atoms with Gasteiger partial charge in [-0.15, -0.1) is 11.8 Å². The van der Waals surface area contributed by atoms with Crippen molar-refractivity contribution < 1.29 is 19.1 Å². The van der Waals surface area contributed by atoms with E-state index in [4.69, 9.17) is 4.74 Å². The van der Waals surface area contributed by atoms with Crippen molar-refractivity contribution >= 4 is 46.3 Å². The minimum absolute atomic E-state index is 0.0947. The highest BCUT2D eigenvalue weighted by Gasteiger charge is 2.27. The van der Waals surface area contributed by atoms with E-state index >= 15 is 0 Å². The van der Waals surface area contributed by atoms with Crippen molar-refractivity contribution in [2.75, 3.05) is 36.9 Å². The molecule has 6 nitrogen and oxygen atoms in total. The molecule has 8 heteroatoms. The zero-order valence-electron chi connectivity index (χ0n) is 14.0. The molecule has 1 atom stereocenters. The molecule has 0 bridgehead atoms. The molecular weight excluding hydrogens is 360 g/mol. The van der Waals surface area contributed by atoms with Crippen LogP contribution in [0.1, 0.15) is 13.3 Å². The highest BCUT2D eigenvalue weighted by molar-refractivity contribution is 8.13. The lowest BCUT2D eigenvalue weighted by Crippen LogP contribution is -2.37. The molecule has 0 radical (unpaired) electrons. The van der Waals surface area contributed by atoms with Crippen molar-refractivity contribution in [3.8, 4) is 0 Å². The molecule has 1 fully saturated rings. The van der Waals surface area contributed by atoms with E-state index in [9.17, 15) is 14.4 Å². The molecule has 1 aromatic carbocycles. The fraction of sp³-hybridized carbons (Fsp3) is 0.471. The number of hydrogen-bond donors (Lipinski definition) is 0. The molecule has 2 heterocycles. The van der Waals surface area contributed by atoms with Gasteiger partial charge in [0, 0.05) is 29.0 Å². The fourth-order valence-electron chi connectivity index (χ4n) is 2.74. The van der Waals surface area contributed by atoms with Crippen LogP contribution in [0.5, 0.6) is 0 Å². The molecule has 3 rings (SSSR count). The number of amides is 2. The van der Waals surface area contributed by atoms with Crippen LogP contribution in [0, 0.1) is 0 Å². The number of carbonyl (C=O) groups excluding carboxylic acids is 3. The summed E-state index contributed by atoms with van der Waals surface area (Å²) in [6, 6.07) is 7.78. The smallest absolute Gasteiger partial charge is 0.326 e. The van der Waals surface area contributed by atoms with Gasteiger partial charge in [-0.05, 0) is 18.6 Å². The van der Waals surface area contributed by atoms with Gasteiger partial charge in [-0.25, -0.2) is 0 Å². The zero-order valence-corrected chi connectivity index (χ0v) is 15.6. The van der Waals surface area contributed by atoms with Crippen LogP contribution in [0.4, 0.5) is 10.5 Å². The second kappa shape index (κ2) is 8.14. The Kier molecular flexibility index (Phi) is 5.90. The van der Waals surface area contributed by atoms with Gasteiger partial charge in [0.15, 0.2) is 6.61 Å². The Labute approximate surface area is 155 Å². The molecule has 0 unspecified atom stereocenters. The first-order valence-corrected chi connectivity index (χ1v) is 10.0. The molecule has 2 amide bonds. The van der Waals surface area contributed by atoms with Crippen molar-refractivity contribution in [3.05, 3.63) is 24.3 Å². The van der Waals surface area contributed by atoms with E-state index in [1.807, 2.05) is 24.3 Å². The molecule has 2 aliphatic rings. The van der Waals surface area contributed by atoms with E-state index < -0.39 is 5.97 Å². The number of benzene rings is 1. The molecule has 0 aromatic heterocycles. The Bertz CT molecular complexity index is 682. The summed E-state index contributed by atoms with van der Waals surface area (Å²) in [6.45, 7) is 2.88. The molecule has 134 valence electrons. The summed E-state index contributed by atoms with van der Waals surface area (Å²) >= 11 is 2.94. The number of para-hydroxylation sites is 1. The maximum absolute atomic E-state index is 12.6. The second-order valence-corrected chi connectivity index (χ2v) is 8.45. The average molecular weight is 380 g/mol. The largest absolute Gasteiger partial charge is 0.454 e. The van der Waals surface area contributed by atoms with E-state index in [0.717, 1.165) is 17.0 Å². The Balaban J connectivity index is 1.59. The van der Waals surface area contributed by atoms with Gasteiger partial charge in [0.2, 0.25) is 0 Å². The number of carbonyl (C=O) groups is 3. The average Bonchev–Trinajstić information content (AvgIpc) is 2.90. The highest BCUT2D eigenvalue weighted by Crippen LogP contribution is 2.37. The summed E-state index contributed by atoms with van der Waals surface area (Å²) < 4.78 is 5.11. The molecule has 1 saturated heterocycles. The molecule has 0 aliphatic carbocycles. The standard InChI is InChI=1S/C17H20N2O4S2/c1-12-6-7-19(13-4-2-3-5-14(13)25-12)15(20)11-23-16(21)10-18-8-9-24-17(18)22/h2-5,12H,6-11H2,1H3/t12-/m1/s1. The predicted molar refractivity (Wildman–Crippen MR) is 99.1 cm³/mol. The number of nitrogens with zero attached hydrogens (tertiary/aromatic N) is 2. The van der Waals surface area contributed by atoms with Crippen LogP contribution in [-0.2, 0) is 14.3 Å². The van der Waals surface area contributed by atoms with E-state index in [-0.39, 0.29) is 24.3 Å². The number of rotatable bonds is 4. The summed E-state index contributed by atoms with van der Waals surface area (Å²) in [7, 11) is 0. The lowest BCUT2D eigenvalue weighted by molar-refractivity contribution is -0.148. The molecule has 0 saturated carbocycles. The summed E-state index contributed by atoms with van der Waals surface area (Å²) in [5.41, 5.74) is 0.865. The van der Waals surface area contributed by atoms with E-state index in [1.165, 1.54) is 16.7 Å². The van der Waals surface area contributed by atoms with Gasteiger partial charge < -0.3 is 14.5 Å². The lowest BCUT2D eigenvalue weighted by atomic mass is 10.2. The van der Waals surface area contributed by atoms with Crippen molar-refractivity contribution in [1.29, 1.82) is 0 Å². The Morgan fingerprint density at radius 3 is 2.84 bits per heavy atom. The van der Waals surface area contributed by atoms with E-state index in [2.05, 4.69) is 6.92 Å². The van der Waals surface area contributed by atoms with Crippen molar-refractivity contribution in [1.82, 2.24) is 4.90 Å². The summed E-state index contributed by atoms with van der Waals surface area (Å²) in [5.74, 6) is -0.0986. The Hall–Kier alpha value is -1.67. The van der Waals surface area contributed by atoms with Crippen LogP contribution in [0.15, 0.2) is 29.2 Å². The molecular formula is C17H20N2O4S2. The topological polar surface area (TPSA) is 66.9 Å². The van der Waals surface area contributed by atoms with Crippen LogP contribution in [0.3, 0.4) is 0 Å². The maximum Gasteiger partial charge on any atom is 0.326 e. The van der Waals surface area contributed by atoms with Crippen LogP contribution >= 0.6 is 23.5 Å². The number of esters is 1. The third-order valence-corrected chi connectivity index (χ3v) is 6.20. The maximum atomic E-state index is 12.6. The van der Waals surface area contributed by atoms with Gasteiger partial charge in [0.25, 0.3) is 11.1 Å². The third-order valence-electron chi connectivity index (χ3n) is 4.07. The van der Waals surface area contributed by atoms with Crippen LogP contribution in [-0.4, -0.2) is 59.3 Å². The highest BCUT2D eigenvalue weighted by atomic mass is 32.2. The second-order valence-electron chi connectivity index (χ2n) is 5.93. The van der Waals surface area contributed by atoms with E-state index in [0.29, 0.717) is 24.1 Å². The number of hydrogen-bond acceptors (Lipinski definition) is 6. The molecule has 25 heavy (non-hydrogen) atoms. The zero-order chi connectivity index (χ0) is 17.8. The normalized spacial score (nSPS) is 20.2. The van der Waals surface area contributed by atoms with Crippen molar-refractivity contribution in [2.45, 2.75) is 23.5 Å². The molecule has 0 N–H and O–H groups in total. The van der Waals surface area contributed by atoms with Crippen molar-refractivity contribution in [2.24, 2.45) is 0 Å². The first kappa shape index (κ1) is 18.1. The van der Waals surface area contributed by atoms with E-state index in [1.54, 1.807) is 16.7 Å². The first-order chi connectivity index (χ1) is 12.0. The SMILES string of the molecule is C[C@@H]1CCN(C(=O)COC(=O)CN2CCSC2=O)c2ccccc2S1. The van der Waals surface area contributed by atoms with Gasteiger partial charge in [0.1, 0.15) is 6.54 Å². The predicted octanol–water partition coefficient (Wildman–Crippen LogP) is 2.62. The minimum atomic E-state index is -0.546. The Morgan fingerprint density at radius 1 is 1.28 bits per heavy atom. The number of anilines is 1. The first-order valence-electron chi connectivity index (χ1n) is 8.18. The number of thioether (sulfide) groups is 2. The van der Waals surface area contributed by atoms with Gasteiger partial charge in [0.05, 0.1) is 5.69 Å². The third kappa shape index (κ3) is 4.49. The summed E-state index contributed by atoms with van der Waals surface area (Å²) in [6.07, 6.45) is 0.874. The quantitative estimate of drug-likeness (QED) is 0.748. The van der Waals surface area contributed by atoms with Crippen LogP contribution in [0.2, 0.25) is 0 Å². The van der Waals surface area contributed by atoms with Crippen molar-refractivity contribution in [3.63, 3.8) is 0 Å².